The Morgan fingerprint density at radius 3 is 2.70 bits per heavy atom. The molecule has 0 saturated heterocycles. The summed E-state index contributed by atoms with van der Waals surface area (Å²) >= 11 is 3.28. The SMILES string of the molecule is COc1cc(C=O)ccc1OCc1cc(Br)ccc1F. The first-order valence-electron chi connectivity index (χ1n) is 5.84. The number of carbonyl (C=O) groups is 1. The number of methoxy groups -OCH3 is 1. The molecule has 5 heteroatoms. The van der Waals surface area contributed by atoms with Crippen LogP contribution in [0.1, 0.15) is 15.9 Å². The molecule has 104 valence electrons. The van der Waals surface area contributed by atoms with Gasteiger partial charge in [0.2, 0.25) is 0 Å². The highest BCUT2D eigenvalue weighted by atomic mass is 79.9. The highest BCUT2D eigenvalue weighted by Crippen LogP contribution is 2.28. The van der Waals surface area contributed by atoms with E-state index in [0.29, 0.717) is 22.6 Å². The van der Waals surface area contributed by atoms with Crippen LogP contribution in [-0.2, 0) is 6.61 Å². The van der Waals surface area contributed by atoms with Crippen LogP contribution in [-0.4, -0.2) is 13.4 Å². The van der Waals surface area contributed by atoms with E-state index in [0.717, 1.165) is 10.8 Å². The van der Waals surface area contributed by atoms with Crippen molar-refractivity contribution in [2.45, 2.75) is 6.61 Å². The predicted molar refractivity (Wildman–Crippen MR) is 76.8 cm³/mol. The van der Waals surface area contributed by atoms with E-state index in [1.165, 1.54) is 13.2 Å². The van der Waals surface area contributed by atoms with Gasteiger partial charge in [-0.15, -0.1) is 0 Å². The van der Waals surface area contributed by atoms with Crippen molar-refractivity contribution in [3.8, 4) is 11.5 Å². The van der Waals surface area contributed by atoms with Crippen molar-refractivity contribution in [3.63, 3.8) is 0 Å². The molecule has 20 heavy (non-hydrogen) atoms. The van der Waals surface area contributed by atoms with Gasteiger partial charge in [-0.05, 0) is 36.4 Å². The minimum absolute atomic E-state index is 0.0715. The molecule has 0 amide bonds. The Hall–Kier alpha value is -1.88. The van der Waals surface area contributed by atoms with Gasteiger partial charge in [-0.1, -0.05) is 15.9 Å². The summed E-state index contributed by atoms with van der Waals surface area (Å²) in [5, 5.41) is 0. The van der Waals surface area contributed by atoms with E-state index < -0.39 is 0 Å². The first-order valence-corrected chi connectivity index (χ1v) is 6.63. The molecule has 0 spiro atoms. The molecule has 0 saturated carbocycles. The molecule has 0 bridgehead atoms. The number of hydrogen-bond acceptors (Lipinski definition) is 3. The third-order valence-corrected chi connectivity index (χ3v) is 3.21. The summed E-state index contributed by atoms with van der Waals surface area (Å²) in [4.78, 5) is 10.7. The molecular formula is C15H12BrFO3. The lowest BCUT2D eigenvalue weighted by Gasteiger charge is -2.11. The highest BCUT2D eigenvalue weighted by molar-refractivity contribution is 9.10. The average Bonchev–Trinajstić information content (AvgIpc) is 2.48. The molecule has 2 rings (SSSR count). The molecular weight excluding hydrogens is 327 g/mol. The summed E-state index contributed by atoms with van der Waals surface area (Å²) in [7, 11) is 1.48. The van der Waals surface area contributed by atoms with E-state index in [4.69, 9.17) is 9.47 Å². The molecule has 0 aliphatic carbocycles. The molecule has 0 aromatic heterocycles. The zero-order valence-electron chi connectivity index (χ0n) is 10.7. The number of halogens is 2. The maximum atomic E-state index is 13.6. The first-order chi connectivity index (χ1) is 9.63. The third kappa shape index (κ3) is 3.36. The van der Waals surface area contributed by atoms with Gasteiger partial charge >= 0.3 is 0 Å². The Labute approximate surface area is 124 Å². The van der Waals surface area contributed by atoms with Crippen LogP contribution in [0, 0.1) is 5.82 Å². The zero-order chi connectivity index (χ0) is 14.5. The highest BCUT2D eigenvalue weighted by Gasteiger charge is 2.08. The quantitative estimate of drug-likeness (QED) is 0.773. The molecule has 0 aliphatic rings. The fraction of sp³-hybridized carbons (Fsp3) is 0.133. The van der Waals surface area contributed by atoms with Crippen LogP contribution in [0.3, 0.4) is 0 Å². The summed E-state index contributed by atoms with van der Waals surface area (Å²) in [6.45, 7) is 0.0715. The number of aldehydes is 1. The minimum atomic E-state index is -0.336. The van der Waals surface area contributed by atoms with E-state index in [1.807, 2.05) is 0 Å². The minimum Gasteiger partial charge on any atom is -0.493 e. The standard InChI is InChI=1S/C15H12BrFO3/c1-19-15-6-10(8-18)2-5-14(15)20-9-11-7-12(16)3-4-13(11)17/h2-8H,9H2,1H3. The predicted octanol–water partition coefficient (Wildman–Crippen LogP) is 3.99. The maximum Gasteiger partial charge on any atom is 0.161 e. The molecule has 3 nitrogen and oxygen atoms in total. The number of ether oxygens (including phenoxy) is 2. The van der Waals surface area contributed by atoms with Gasteiger partial charge in [0.25, 0.3) is 0 Å². The van der Waals surface area contributed by atoms with Crippen molar-refractivity contribution in [2.24, 2.45) is 0 Å². The van der Waals surface area contributed by atoms with Gasteiger partial charge in [0, 0.05) is 15.6 Å². The summed E-state index contributed by atoms with van der Waals surface area (Å²) in [5.41, 5.74) is 0.920. The van der Waals surface area contributed by atoms with Crippen molar-refractivity contribution in [2.75, 3.05) is 7.11 Å². The van der Waals surface area contributed by atoms with Gasteiger partial charge in [0.1, 0.15) is 18.7 Å². The molecule has 0 radical (unpaired) electrons. The first kappa shape index (κ1) is 14.5. The smallest absolute Gasteiger partial charge is 0.161 e. The average molecular weight is 339 g/mol. The van der Waals surface area contributed by atoms with Crippen molar-refractivity contribution in [3.05, 3.63) is 57.8 Å². The van der Waals surface area contributed by atoms with E-state index in [-0.39, 0.29) is 12.4 Å². The Bertz CT molecular complexity index is 629. The Morgan fingerprint density at radius 2 is 2.00 bits per heavy atom. The van der Waals surface area contributed by atoms with Crippen molar-refractivity contribution in [1.29, 1.82) is 0 Å². The van der Waals surface area contributed by atoms with Crippen LogP contribution in [0.15, 0.2) is 40.9 Å². The molecule has 0 fully saturated rings. The van der Waals surface area contributed by atoms with Crippen LogP contribution < -0.4 is 9.47 Å². The van der Waals surface area contributed by atoms with Gasteiger partial charge < -0.3 is 9.47 Å². The second-order valence-electron chi connectivity index (χ2n) is 4.05. The van der Waals surface area contributed by atoms with E-state index in [9.17, 15) is 9.18 Å². The summed E-state index contributed by atoms with van der Waals surface area (Å²) in [5.74, 6) is 0.555. The van der Waals surface area contributed by atoms with Crippen LogP contribution in [0.4, 0.5) is 4.39 Å². The van der Waals surface area contributed by atoms with Gasteiger partial charge in [0.05, 0.1) is 7.11 Å². The Morgan fingerprint density at radius 1 is 1.20 bits per heavy atom. The van der Waals surface area contributed by atoms with Crippen LogP contribution in [0.25, 0.3) is 0 Å². The van der Waals surface area contributed by atoms with Crippen LogP contribution >= 0.6 is 15.9 Å². The molecule has 0 heterocycles. The molecule has 0 unspecified atom stereocenters. The molecule has 0 N–H and O–H groups in total. The van der Waals surface area contributed by atoms with E-state index in [1.54, 1.807) is 30.3 Å². The monoisotopic (exact) mass is 338 g/mol. The lowest BCUT2D eigenvalue weighted by molar-refractivity contribution is 0.112. The van der Waals surface area contributed by atoms with E-state index >= 15 is 0 Å². The van der Waals surface area contributed by atoms with Crippen molar-refractivity contribution >= 4 is 22.2 Å². The third-order valence-electron chi connectivity index (χ3n) is 2.71. The molecule has 2 aromatic carbocycles. The van der Waals surface area contributed by atoms with Gasteiger partial charge in [-0.3, -0.25) is 4.79 Å². The number of hydrogen-bond donors (Lipinski definition) is 0. The molecule has 0 aliphatic heterocycles. The Kier molecular flexibility index (Phi) is 4.74. The maximum absolute atomic E-state index is 13.6. The second-order valence-corrected chi connectivity index (χ2v) is 4.97. The lowest BCUT2D eigenvalue weighted by Crippen LogP contribution is -2.00. The summed E-state index contributed by atoms with van der Waals surface area (Å²) in [6, 6.07) is 9.45. The van der Waals surface area contributed by atoms with Crippen molar-refractivity contribution < 1.29 is 18.7 Å². The number of benzene rings is 2. The van der Waals surface area contributed by atoms with Gasteiger partial charge in [-0.2, -0.15) is 0 Å². The lowest BCUT2D eigenvalue weighted by atomic mass is 10.2. The van der Waals surface area contributed by atoms with Crippen LogP contribution in [0.2, 0.25) is 0 Å². The van der Waals surface area contributed by atoms with E-state index in [2.05, 4.69) is 15.9 Å². The second kappa shape index (κ2) is 6.52. The fourth-order valence-corrected chi connectivity index (χ4v) is 2.09. The number of rotatable bonds is 5. The Balaban J connectivity index is 2.18. The van der Waals surface area contributed by atoms with Gasteiger partial charge in [-0.25, -0.2) is 4.39 Å². The molecule has 2 aromatic rings. The normalized spacial score (nSPS) is 10.2. The van der Waals surface area contributed by atoms with Crippen LogP contribution in [0.5, 0.6) is 11.5 Å². The molecule has 0 atom stereocenters. The van der Waals surface area contributed by atoms with Crippen molar-refractivity contribution in [1.82, 2.24) is 0 Å². The zero-order valence-corrected chi connectivity index (χ0v) is 12.3. The largest absolute Gasteiger partial charge is 0.493 e. The number of carbonyl (C=O) groups excluding carboxylic acids is 1. The van der Waals surface area contributed by atoms with Gasteiger partial charge in [0.15, 0.2) is 11.5 Å². The fourth-order valence-electron chi connectivity index (χ4n) is 1.69. The summed E-state index contributed by atoms with van der Waals surface area (Å²) < 4.78 is 25.1. The summed E-state index contributed by atoms with van der Waals surface area (Å²) in [6.07, 6.45) is 0.722. The topological polar surface area (TPSA) is 35.5 Å².